The van der Waals surface area contributed by atoms with Crippen molar-refractivity contribution in [2.24, 2.45) is 0 Å². The van der Waals surface area contributed by atoms with Gasteiger partial charge in [0.05, 0.1) is 17.1 Å². The van der Waals surface area contributed by atoms with E-state index in [1.54, 1.807) is 54.6 Å². The van der Waals surface area contributed by atoms with Gasteiger partial charge in [-0.05, 0) is 72.8 Å². The molecule has 0 saturated carbocycles. The van der Waals surface area contributed by atoms with E-state index in [0.717, 1.165) is 36.4 Å². The van der Waals surface area contributed by atoms with Gasteiger partial charge in [-0.25, -0.2) is 26.3 Å². The first-order valence-corrected chi connectivity index (χ1v) is 13.6. The fourth-order valence-corrected chi connectivity index (χ4v) is 4.08. The van der Waals surface area contributed by atoms with Gasteiger partial charge in [0.1, 0.15) is 69.8 Å². The topological polar surface area (TPSA) is 110 Å². The van der Waals surface area contributed by atoms with Crippen molar-refractivity contribution in [3.05, 3.63) is 161 Å². The fourth-order valence-electron chi connectivity index (χ4n) is 4.08. The number of nitrogens with zero attached hydrogens (tertiary/aromatic N) is 6. The summed E-state index contributed by atoms with van der Waals surface area (Å²) < 4.78 is 79.8. The largest absolute Gasteiger partial charge is 0.256 e. The molecule has 0 amide bonds. The van der Waals surface area contributed by atoms with Crippen molar-refractivity contribution >= 4 is 0 Å². The Labute approximate surface area is 289 Å². The van der Waals surface area contributed by atoms with Gasteiger partial charge in [0, 0.05) is 55.4 Å². The molecule has 3 heterocycles. The van der Waals surface area contributed by atoms with Gasteiger partial charge >= 0.3 is 0 Å². The number of halogens is 6. The molecule has 3 aromatic carbocycles. The van der Waals surface area contributed by atoms with Crippen LogP contribution in [-0.4, -0.2) is 15.0 Å². The molecule has 6 aromatic rings. The molecule has 0 atom stereocenters. The van der Waals surface area contributed by atoms with E-state index < -0.39 is 51.6 Å². The summed E-state index contributed by atoms with van der Waals surface area (Å²) in [5.74, 6) is -5.23. The van der Waals surface area contributed by atoms with Crippen molar-refractivity contribution in [3.8, 4) is 52.0 Å². The van der Waals surface area contributed by atoms with E-state index in [0.29, 0.717) is 33.8 Å². The predicted molar refractivity (Wildman–Crippen MR) is 163 cm³/mol. The van der Waals surface area contributed by atoms with Crippen LogP contribution in [-0.2, 0) is 20.1 Å². The third-order valence-electron chi connectivity index (χ3n) is 6.34. The minimum Gasteiger partial charge on any atom is -0.256 e. The number of rotatable bonds is 3. The Hall–Kier alpha value is -6.19. The average Bonchev–Trinajstić information content (AvgIpc) is 3.09. The zero-order chi connectivity index (χ0) is 34.6. The standard InChI is InChI=1S/3C12H6F2N2.Ir/c3*13-10-5-8(6-11(14)9(10)7-15)12-3-1-2-4-16-12;/h3*1-6H;. The second-order valence-electron chi connectivity index (χ2n) is 9.43. The molecule has 49 heavy (non-hydrogen) atoms. The van der Waals surface area contributed by atoms with Crippen LogP contribution in [0.15, 0.2) is 110 Å². The van der Waals surface area contributed by atoms with E-state index in [2.05, 4.69) is 15.0 Å². The summed E-state index contributed by atoms with van der Waals surface area (Å²) in [7, 11) is 0. The van der Waals surface area contributed by atoms with E-state index in [-0.39, 0.29) is 20.1 Å². The summed E-state index contributed by atoms with van der Waals surface area (Å²) >= 11 is 0. The molecule has 0 unspecified atom stereocenters. The van der Waals surface area contributed by atoms with Crippen LogP contribution >= 0.6 is 0 Å². The van der Waals surface area contributed by atoms with Gasteiger partial charge in [-0.3, -0.25) is 15.0 Å². The second-order valence-corrected chi connectivity index (χ2v) is 9.43. The van der Waals surface area contributed by atoms with Gasteiger partial charge in [-0.2, -0.15) is 15.8 Å². The Balaban J connectivity index is 0.000000197. The van der Waals surface area contributed by atoms with E-state index in [1.807, 2.05) is 0 Å². The Morgan fingerprint density at radius 3 is 0.776 bits per heavy atom. The molecular weight excluding hydrogens is 823 g/mol. The summed E-state index contributed by atoms with van der Waals surface area (Å²) in [6, 6.07) is 26.2. The molecule has 3 aromatic heterocycles. The summed E-state index contributed by atoms with van der Waals surface area (Å²) in [6.07, 6.45) is 4.59. The molecule has 0 aliphatic rings. The molecule has 0 fully saturated rings. The maximum atomic E-state index is 13.3. The van der Waals surface area contributed by atoms with Crippen LogP contribution in [0.4, 0.5) is 26.3 Å². The Morgan fingerprint density at radius 1 is 0.388 bits per heavy atom. The van der Waals surface area contributed by atoms with Gasteiger partial charge in [-0.15, -0.1) is 0 Å². The predicted octanol–water partition coefficient (Wildman–Crippen LogP) is 8.69. The maximum Gasteiger partial charge on any atom is 0.144 e. The van der Waals surface area contributed by atoms with Crippen LogP contribution < -0.4 is 0 Å². The first-order valence-electron chi connectivity index (χ1n) is 13.6. The van der Waals surface area contributed by atoms with Gasteiger partial charge in [0.25, 0.3) is 0 Å². The molecule has 0 bridgehead atoms. The van der Waals surface area contributed by atoms with Gasteiger partial charge in [0.15, 0.2) is 0 Å². The van der Waals surface area contributed by atoms with Crippen molar-refractivity contribution in [2.75, 3.05) is 0 Å². The van der Waals surface area contributed by atoms with Crippen molar-refractivity contribution in [1.29, 1.82) is 15.8 Å². The molecular formula is C36H18F6IrN6. The molecule has 0 aliphatic carbocycles. The van der Waals surface area contributed by atoms with Crippen molar-refractivity contribution in [2.45, 2.75) is 0 Å². The first kappa shape index (κ1) is 37.3. The zero-order valence-corrected chi connectivity index (χ0v) is 27.1. The quantitative estimate of drug-likeness (QED) is 0.165. The first-order chi connectivity index (χ1) is 23.2. The third kappa shape index (κ3) is 9.43. The van der Waals surface area contributed by atoms with Gasteiger partial charge in [-0.1, -0.05) is 18.2 Å². The number of hydrogen-bond donors (Lipinski definition) is 0. The van der Waals surface area contributed by atoms with Gasteiger partial charge < -0.3 is 0 Å². The number of pyridine rings is 3. The van der Waals surface area contributed by atoms with Crippen LogP contribution in [0.1, 0.15) is 16.7 Å². The molecule has 6 nitrogen and oxygen atoms in total. The molecule has 0 aliphatic heterocycles. The Bertz CT molecular complexity index is 1860. The number of benzene rings is 3. The van der Waals surface area contributed by atoms with Crippen LogP contribution in [0.3, 0.4) is 0 Å². The SMILES string of the molecule is N#Cc1c(F)cc(-c2ccccn2)cc1F.N#Cc1c(F)cc(-c2ccccn2)cc1F.N#Cc1c(F)cc(-c2ccccn2)cc1F.[Ir]. The van der Waals surface area contributed by atoms with Crippen LogP contribution in [0.5, 0.6) is 0 Å². The Kier molecular flexibility index (Phi) is 13.4. The van der Waals surface area contributed by atoms with Crippen LogP contribution in [0, 0.1) is 68.9 Å². The summed E-state index contributed by atoms with van der Waals surface area (Å²) in [6.45, 7) is 0. The smallest absolute Gasteiger partial charge is 0.144 e. The molecule has 0 saturated heterocycles. The van der Waals surface area contributed by atoms with Crippen molar-refractivity contribution in [3.63, 3.8) is 0 Å². The number of aromatic nitrogens is 3. The monoisotopic (exact) mass is 841 g/mol. The van der Waals surface area contributed by atoms with E-state index in [1.165, 1.54) is 36.8 Å². The van der Waals surface area contributed by atoms with Crippen LogP contribution in [0.25, 0.3) is 33.8 Å². The summed E-state index contributed by atoms with van der Waals surface area (Å²) in [4.78, 5) is 11.9. The van der Waals surface area contributed by atoms with E-state index in [9.17, 15) is 26.3 Å². The summed E-state index contributed by atoms with van der Waals surface area (Å²) in [5.41, 5.74) is 0.622. The molecule has 13 heteroatoms. The summed E-state index contributed by atoms with van der Waals surface area (Å²) in [5, 5.41) is 25.5. The van der Waals surface area contributed by atoms with Crippen LogP contribution in [0.2, 0.25) is 0 Å². The van der Waals surface area contributed by atoms with E-state index in [4.69, 9.17) is 15.8 Å². The van der Waals surface area contributed by atoms with Gasteiger partial charge in [0.2, 0.25) is 0 Å². The molecule has 0 spiro atoms. The van der Waals surface area contributed by atoms with Crippen molar-refractivity contribution in [1.82, 2.24) is 15.0 Å². The van der Waals surface area contributed by atoms with E-state index >= 15 is 0 Å². The molecule has 1 radical (unpaired) electrons. The molecule has 0 N–H and O–H groups in total. The molecule has 243 valence electrons. The fraction of sp³-hybridized carbons (Fsp3) is 0. The third-order valence-corrected chi connectivity index (χ3v) is 6.34. The second kappa shape index (κ2) is 17.6. The normalized spacial score (nSPS) is 9.61. The number of hydrogen-bond acceptors (Lipinski definition) is 6. The minimum atomic E-state index is -0.872. The number of nitriles is 3. The minimum absolute atomic E-state index is 0. The molecule has 6 rings (SSSR count). The average molecular weight is 841 g/mol. The maximum absolute atomic E-state index is 13.3. The zero-order valence-electron chi connectivity index (χ0n) is 24.7. The van der Waals surface area contributed by atoms with Crippen molar-refractivity contribution < 1.29 is 46.4 Å². The Morgan fingerprint density at radius 2 is 0.612 bits per heavy atom.